The Morgan fingerprint density at radius 3 is 2.50 bits per heavy atom. The Balaban J connectivity index is 1.67. The lowest BCUT2D eigenvalue weighted by atomic mass is 9.89. The van der Waals surface area contributed by atoms with E-state index in [1.807, 2.05) is 0 Å². The molecule has 1 atom stereocenters. The number of hydrogen-bond acceptors (Lipinski definition) is 3. The molecule has 2 aromatic carbocycles. The average Bonchev–Trinajstić information content (AvgIpc) is 2.67. The maximum absolute atomic E-state index is 12.3. The number of nitrogens with one attached hydrogen (secondary N) is 2. The molecule has 1 aliphatic carbocycles. The highest BCUT2D eigenvalue weighted by atomic mass is 32.2. The minimum atomic E-state index is -3.48. The van der Waals surface area contributed by atoms with Crippen molar-refractivity contribution in [3.63, 3.8) is 0 Å². The van der Waals surface area contributed by atoms with E-state index in [9.17, 15) is 8.42 Å². The number of nitrogens with zero attached hydrogens (tertiary/aromatic N) is 1. The summed E-state index contributed by atoms with van der Waals surface area (Å²) in [6.07, 6.45) is 4.84. The summed E-state index contributed by atoms with van der Waals surface area (Å²) in [4.78, 5) is 0.230. The van der Waals surface area contributed by atoms with Crippen LogP contribution in [0.1, 0.15) is 42.5 Å². The summed E-state index contributed by atoms with van der Waals surface area (Å²) >= 11 is 5.44. The zero-order valence-corrected chi connectivity index (χ0v) is 18.2. The summed E-state index contributed by atoms with van der Waals surface area (Å²) in [5, 5.41) is 6.85. The van der Waals surface area contributed by atoms with E-state index >= 15 is 0 Å². The molecule has 0 bridgehead atoms. The predicted octanol–water partition coefficient (Wildman–Crippen LogP) is 3.86. The standard InChI is InChI=1S/C21H27N3O2S2/c1-15(17-12-11-16-7-4-5-8-18(16)13-17)22-21(27)23-19-9-6-10-20(14-19)28(25,26)24(2)3/h6,9-15H,4-5,7-8H2,1-3H3,(H2,22,23,27)/t15-/m0/s1. The molecule has 0 aliphatic heterocycles. The van der Waals surface area contributed by atoms with Crippen LogP contribution in [0.15, 0.2) is 47.4 Å². The number of fused-ring (bicyclic) bond motifs is 1. The van der Waals surface area contributed by atoms with Crippen LogP contribution < -0.4 is 10.6 Å². The van der Waals surface area contributed by atoms with Crippen molar-refractivity contribution in [3.8, 4) is 0 Å². The molecule has 3 rings (SSSR count). The first-order chi connectivity index (χ1) is 13.3. The molecule has 0 heterocycles. The molecule has 2 N–H and O–H groups in total. The smallest absolute Gasteiger partial charge is 0.242 e. The van der Waals surface area contributed by atoms with E-state index in [2.05, 4.69) is 35.8 Å². The molecule has 0 fully saturated rings. The zero-order chi connectivity index (χ0) is 20.3. The van der Waals surface area contributed by atoms with Gasteiger partial charge in [-0.05, 0) is 79.7 Å². The molecular formula is C21H27N3O2S2. The average molecular weight is 418 g/mol. The van der Waals surface area contributed by atoms with Crippen molar-refractivity contribution in [1.29, 1.82) is 0 Å². The number of benzene rings is 2. The fourth-order valence-corrected chi connectivity index (χ4v) is 4.66. The lowest BCUT2D eigenvalue weighted by molar-refractivity contribution is 0.521. The van der Waals surface area contributed by atoms with Gasteiger partial charge in [0, 0.05) is 19.8 Å². The summed E-state index contributed by atoms with van der Waals surface area (Å²) in [5.41, 5.74) is 4.74. The first-order valence-corrected chi connectivity index (χ1v) is 11.3. The summed E-state index contributed by atoms with van der Waals surface area (Å²) in [5.74, 6) is 0. The molecule has 0 saturated carbocycles. The molecule has 0 amide bonds. The van der Waals surface area contributed by atoms with E-state index in [4.69, 9.17) is 12.2 Å². The first-order valence-electron chi connectivity index (χ1n) is 9.49. The van der Waals surface area contributed by atoms with Gasteiger partial charge in [0.2, 0.25) is 10.0 Å². The molecule has 0 unspecified atom stereocenters. The van der Waals surface area contributed by atoms with Crippen LogP contribution >= 0.6 is 12.2 Å². The Morgan fingerprint density at radius 1 is 1.07 bits per heavy atom. The number of rotatable bonds is 5. The lowest BCUT2D eigenvalue weighted by Crippen LogP contribution is -2.31. The van der Waals surface area contributed by atoms with Crippen LogP contribution in [-0.4, -0.2) is 31.9 Å². The second kappa shape index (κ2) is 8.59. The van der Waals surface area contributed by atoms with Gasteiger partial charge in [0.15, 0.2) is 5.11 Å². The quantitative estimate of drug-likeness (QED) is 0.724. The van der Waals surface area contributed by atoms with E-state index in [-0.39, 0.29) is 10.9 Å². The van der Waals surface area contributed by atoms with Gasteiger partial charge in [-0.2, -0.15) is 0 Å². The molecule has 2 aromatic rings. The molecular weight excluding hydrogens is 390 g/mol. The van der Waals surface area contributed by atoms with Crippen LogP contribution in [0, 0.1) is 0 Å². The summed E-state index contributed by atoms with van der Waals surface area (Å²) in [7, 11) is -0.449. The van der Waals surface area contributed by atoms with E-state index < -0.39 is 10.0 Å². The zero-order valence-electron chi connectivity index (χ0n) is 16.5. The second-order valence-corrected chi connectivity index (χ2v) is 9.93. The first kappa shape index (κ1) is 20.8. The van der Waals surface area contributed by atoms with Crippen molar-refractivity contribution in [2.24, 2.45) is 0 Å². The van der Waals surface area contributed by atoms with Crippen LogP contribution in [0.4, 0.5) is 5.69 Å². The van der Waals surface area contributed by atoms with Gasteiger partial charge in [-0.3, -0.25) is 0 Å². The molecule has 5 nitrogen and oxygen atoms in total. The third kappa shape index (κ3) is 4.71. The fourth-order valence-electron chi connectivity index (χ4n) is 3.41. The van der Waals surface area contributed by atoms with Gasteiger partial charge in [0.25, 0.3) is 0 Å². The Morgan fingerprint density at radius 2 is 1.79 bits per heavy atom. The maximum Gasteiger partial charge on any atom is 0.242 e. The van der Waals surface area contributed by atoms with Crippen molar-refractivity contribution in [2.75, 3.05) is 19.4 Å². The molecule has 0 saturated heterocycles. The second-order valence-electron chi connectivity index (χ2n) is 7.37. The fraction of sp³-hybridized carbons (Fsp3) is 0.381. The number of anilines is 1. The minimum absolute atomic E-state index is 0.0564. The molecule has 28 heavy (non-hydrogen) atoms. The number of thiocarbonyl (C=S) groups is 1. The van der Waals surface area contributed by atoms with Crippen molar-refractivity contribution < 1.29 is 8.42 Å². The Hall–Kier alpha value is -1.96. The van der Waals surface area contributed by atoms with Gasteiger partial charge in [-0.1, -0.05) is 24.3 Å². The maximum atomic E-state index is 12.3. The van der Waals surface area contributed by atoms with Crippen molar-refractivity contribution >= 4 is 33.0 Å². The van der Waals surface area contributed by atoms with E-state index in [0.29, 0.717) is 10.8 Å². The third-order valence-electron chi connectivity index (χ3n) is 5.09. The molecule has 0 radical (unpaired) electrons. The van der Waals surface area contributed by atoms with Gasteiger partial charge in [0.05, 0.1) is 10.9 Å². The number of hydrogen-bond donors (Lipinski definition) is 2. The molecule has 7 heteroatoms. The van der Waals surface area contributed by atoms with Crippen LogP contribution in [-0.2, 0) is 22.9 Å². The van der Waals surface area contributed by atoms with Crippen LogP contribution in [0.25, 0.3) is 0 Å². The van der Waals surface area contributed by atoms with Crippen molar-refractivity contribution in [2.45, 2.75) is 43.5 Å². The molecule has 150 valence electrons. The third-order valence-corrected chi connectivity index (χ3v) is 7.12. The van der Waals surface area contributed by atoms with Gasteiger partial charge >= 0.3 is 0 Å². The van der Waals surface area contributed by atoms with Crippen LogP contribution in [0.3, 0.4) is 0 Å². The van der Waals surface area contributed by atoms with Gasteiger partial charge in [-0.25, -0.2) is 12.7 Å². The molecule has 1 aliphatic rings. The highest BCUT2D eigenvalue weighted by Crippen LogP contribution is 2.25. The molecule has 0 aromatic heterocycles. The van der Waals surface area contributed by atoms with E-state index in [1.165, 1.54) is 54.4 Å². The van der Waals surface area contributed by atoms with Crippen molar-refractivity contribution in [1.82, 2.24) is 9.62 Å². The predicted molar refractivity (Wildman–Crippen MR) is 118 cm³/mol. The van der Waals surface area contributed by atoms with Gasteiger partial charge in [0.1, 0.15) is 0 Å². The van der Waals surface area contributed by atoms with E-state index in [0.717, 1.165) is 6.42 Å². The minimum Gasteiger partial charge on any atom is -0.356 e. The lowest BCUT2D eigenvalue weighted by Gasteiger charge is -2.21. The molecule has 0 spiro atoms. The normalized spacial score (nSPS) is 15.0. The van der Waals surface area contributed by atoms with Crippen LogP contribution in [0.2, 0.25) is 0 Å². The van der Waals surface area contributed by atoms with Gasteiger partial charge < -0.3 is 10.6 Å². The van der Waals surface area contributed by atoms with Gasteiger partial charge in [-0.15, -0.1) is 0 Å². The Labute approximate surface area is 173 Å². The Bertz CT molecular complexity index is 971. The van der Waals surface area contributed by atoms with Crippen LogP contribution in [0.5, 0.6) is 0 Å². The summed E-state index contributed by atoms with van der Waals surface area (Å²) < 4.78 is 25.8. The summed E-state index contributed by atoms with van der Waals surface area (Å²) in [6, 6.07) is 13.4. The van der Waals surface area contributed by atoms with E-state index in [1.54, 1.807) is 24.3 Å². The van der Waals surface area contributed by atoms with Crippen molar-refractivity contribution in [3.05, 3.63) is 59.2 Å². The Kier molecular flexibility index (Phi) is 6.37. The summed E-state index contributed by atoms with van der Waals surface area (Å²) in [6.45, 7) is 2.07. The number of sulfonamides is 1. The number of aryl methyl sites for hydroxylation is 2. The monoisotopic (exact) mass is 417 g/mol. The topological polar surface area (TPSA) is 61.4 Å². The highest BCUT2D eigenvalue weighted by Gasteiger charge is 2.18. The highest BCUT2D eigenvalue weighted by molar-refractivity contribution is 7.89. The largest absolute Gasteiger partial charge is 0.356 e. The SMILES string of the molecule is C[C@H](NC(=S)Nc1cccc(S(=O)(=O)N(C)C)c1)c1ccc2c(c1)CCCC2.